The van der Waals surface area contributed by atoms with E-state index in [9.17, 15) is 0 Å². The van der Waals surface area contributed by atoms with Crippen molar-refractivity contribution in [2.24, 2.45) is 0 Å². The van der Waals surface area contributed by atoms with Crippen LogP contribution in [0.25, 0.3) is 0 Å². The SMILES string of the molecule is CSc1ccccc1SCCCCSc1ccccc1SC. The van der Waals surface area contributed by atoms with Crippen molar-refractivity contribution in [3.8, 4) is 0 Å². The first kappa shape index (κ1) is 18.2. The summed E-state index contributed by atoms with van der Waals surface area (Å²) in [5.74, 6) is 2.42. The molecule has 0 unspecified atom stereocenters. The Bertz CT molecular complexity index is 517. The van der Waals surface area contributed by atoms with Crippen LogP contribution < -0.4 is 0 Å². The fourth-order valence-corrected chi connectivity index (χ4v) is 5.77. The van der Waals surface area contributed by atoms with Crippen LogP contribution in [0.2, 0.25) is 0 Å². The predicted molar refractivity (Wildman–Crippen MR) is 107 cm³/mol. The molecule has 0 amide bonds. The molecule has 0 saturated carbocycles. The molecule has 0 N–H and O–H groups in total. The maximum absolute atomic E-state index is 2.24. The second kappa shape index (κ2) is 10.6. The topological polar surface area (TPSA) is 0 Å². The van der Waals surface area contributed by atoms with E-state index in [0.717, 1.165) is 0 Å². The Hall–Kier alpha value is -0.160. The molecule has 0 saturated heterocycles. The van der Waals surface area contributed by atoms with Crippen LogP contribution in [-0.4, -0.2) is 24.0 Å². The minimum atomic E-state index is 1.21. The van der Waals surface area contributed by atoms with Crippen molar-refractivity contribution >= 4 is 47.0 Å². The highest BCUT2D eigenvalue weighted by Gasteiger charge is 2.02. The Morgan fingerprint density at radius 1 is 0.591 bits per heavy atom. The molecule has 118 valence electrons. The fraction of sp³-hybridized carbons (Fsp3) is 0.333. The quantitative estimate of drug-likeness (QED) is 0.353. The van der Waals surface area contributed by atoms with E-state index >= 15 is 0 Å². The molecule has 2 aromatic carbocycles. The molecule has 0 fully saturated rings. The van der Waals surface area contributed by atoms with E-state index in [-0.39, 0.29) is 0 Å². The normalized spacial score (nSPS) is 10.8. The molecule has 0 radical (unpaired) electrons. The summed E-state index contributed by atoms with van der Waals surface area (Å²) >= 11 is 7.66. The molecule has 0 heterocycles. The zero-order valence-corrected chi connectivity index (χ0v) is 16.3. The van der Waals surface area contributed by atoms with E-state index in [2.05, 4.69) is 61.0 Å². The smallest absolute Gasteiger partial charge is 0.0208 e. The third-order valence-corrected chi connectivity index (χ3v) is 7.36. The van der Waals surface area contributed by atoms with Gasteiger partial charge in [0.25, 0.3) is 0 Å². The molecule has 0 aliphatic carbocycles. The van der Waals surface area contributed by atoms with Gasteiger partial charge in [0.2, 0.25) is 0 Å². The highest BCUT2D eigenvalue weighted by Crippen LogP contribution is 2.31. The maximum atomic E-state index is 2.24. The van der Waals surface area contributed by atoms with Crippen LogP contribution in [0.1, 0.15) is 12.8 Å². The van der Waals surface area contributed by atoms with E-state index in [1.54, 1.807) is 0 Å². The molecule has 0 atom stereocenters. The van der Waals surface area contributed by atoms with Crippen LogP contribution >= 0.6 is 47.0 Å². The lowest BCUT2D eigenvalue weighted by Crippen LogP contribution is -1.86. The van der Waals surface area contributed by atoms with Gasteiger partial charge in [-0.1, -0.05) is 24.3 Å². The Morgan fingerprint density at radius 2 is 0.955 bits per heavy atom. The van der Waals surface area contributed by atoms with Crippen molar-refractivity contribution in [2.45, 2.75) is 32.4 Å². The molecule has 2 aromatic rings. The first-order valence-corrected chi connectivity index (χ1v) is 11.8. The zero-order chi connectivity index (χ0) is 15.6. The van der Waals surface area contributed by atoms with Gasteiger partial charge in [0.05, 0.1) is 0 Å². The molecule has 22 heavy (non-hydrogen) atoms. The van der Waals surface area contributed by atoms with Crippen LogP contribution in [0, 0.1) is 0 Å². The second-order valence-electron chi connectivity index (χ2n) is 4.71. The van der Waals surface area contributed by atoms with Crippen LogP contribution in [0.3, 0.4) is 0 Å². The lowest BCUT2D eigenvalue weighted by molar-refractivity contribution is 0.905. The Balaban J connectivity index is 1.67. The van der Waals surface area contributed by atoms with Crippen molar-refractivity contribution in [3.05, 3.63) is 48.5 Å². The maximum Gasteiger partial charge on any atom is 0.0208 e. The van der Waals surface area contributed by atoms with Gasteiger partial charge in [-0.05, 0) is 61.1 Å². The average molecular weight is 367 g/mol. The van der Waals surface area contributed by atoms with Crippen LogP contribution in [-0.2, 0) is 0 Å². The Morgan fingerprint density at radius 3 is 1.32 bits per heavy atom. The third-order valence-electron chi connectivity index (χ3n) is 3.19. The van der Waals surface area contributed by atoms with Gasteiger partial charge in [0.1, 0.15) is 0 Å². The summed E-state index contributed by atoms with van der Waals surface area (Å²) in [4.78, 5) is 5.65. The molecular formula is C18H22S4. The molecule has 0 spiro atoms. The first-order chi connectivity index (χ1) is 10.8. The first-order valence-electron chi connectivity index (χ1n) is 7.37. The van der Waals surface area contributed by atoms with E-state index in [1.807, 2.05) is 47.0 Å². The lowest BCUT2D eigenvalue weighted by Gasteiger charge is -2.08. The van der Waals surface area contributed by atoms with Gasteiger partial charge in [-0.15, -0.1) is 47.0 Å². The number of rotatable bonds is 9. The summed E-state index contributed by atoms with van der Waals surface area (Å²) in [5.41, 5.74) is 0. The highest BCUT2D eigenvalue weighted by molar-refractivity contribution is 8.02. The standard InChI is InChI=1S/C18H22S4/c1-19-15-9-3-5-11-17(15)21-13-7-8-14-22-18-12-6-4-10-16(18)20-2/h3-6,9-12H,7-8,13-14H2,1-2H3. The van der Waals surface area contributed by atoms with Crippen molar-refractivity contribution in [3.63, 3.8) is 0 Å². The Labute approximate surface area is 151 Å². The second-order valence-corrected chi connectivity index (χ2v) is 8.68. The average Bonchev–Trinajstić information content (AvgIpc) is 2.58. The predicted octanol–water partition coefficient (Wildman–Crippen LogP) is 6.80. The zero-order valence-electron chi connectivity index (χ0n) is 13.1. The van der Waals surface area contributed by atoms with Gasteiger partial charge in [0.15, 0.2) is 0 Å². The molecule has 0 aromatic heterocycles. The van der Waals surface area contributed by atoms with Gasteiger partial charge >= 0.3 is 0 Å². The molecule has 4 heteroatoms. The molecule has 2 rings (SSSR count). The van der Waals surface area contributed by atoms with E-state index in [4.69, 9.17) is 0 Å². The van der Waals surface area contributed by atoms with E-state index < -0.39 is 0 Å². The summed E-state index contributed by atoms with van der Waals surface area (Å²) in [5, 5.41) is 0. The number of thioether (sulfide) groups is 4. The summed E-state index contributed by atoms with van der Waals surface area (Å²) in [6.07, 6.45) is 6.86. The molecule has 0 aliphatic rings. The Kier molecular flexibility index (Phi) is 8.75. The number of hydrogen-bond donors (Lipinski definition) is 0. The summed E-state index contributed by atoms with van der Waals surface area (Å²) in [6, 6.07) is 17.4. The molecule has 0 nitrogen and oxygen atoms in total. The van der Waals surface area contributed by atoms with Crippen molar-refractivity contribution in [1.82, 2.24) is 0 Å². The molecule has 0 bridgehead atoms. The lowest BCUT2D eigenvalue weighted by atomic mass is 10.4. The minimum Gasteiger partial charge on any atom is -0.128 e. The summed E-state index contributed by atoms with van der Waals surface area (Å²) < 4.78 is 0. The molecule has 0 aliphatic heterocycles. The van der Waals surface area contributed by atoms with Crippen molar-refractivity contribution in [2.75, 3.05) is 24.0 Å². The summed E-state index contributed by atoms with van der Waals surface area (Å²) in [6.45, 7) is 0. The minimum absolute atomic E-state index is 1.21. The van der Waals surface area contributed by atoms with Gasteiger partial charge in [-0.25, -0.2) is 0 Å². The third kappa shape index (κ3) is 5.80. The summed E-state index contributed by atoms with van der Waals surface area (Å²) in [7, 11) is 0. The van der Waals surface area contributed by atoms with Gasteiger partial charge in [0, 0.05) is 19.6 Å². The van der Waals surface area contributed by atoms with Crippen molar-refractivity contribution < 1.29 is 0 Å². The van der Waals surface area contributed by atoms with Gasteiger partial charge in [-0.3, -0.25) is 0 Å². The molecular weight excluding hydrogens is 344 g/mol. The number of benzene rings is 2. The van der Waals surface area contributed by atoms with E-state index in [1.165, 1.54) is 43.9 Å². The van der Waals surface area contributed by atoms with Gasteiger partial charge < -0.3 is 0 Å². The van der Waals surface area contributed by atoms with Crippen LogP contribution in [0.4, 0.5) is 0 Å². The number of hydrogen-bond acceptors (Lipinski definition) is 4. The fourth-order valence-electron chi connectivity index (χ4n) is 2.04. The number of unbranched alkanes of at least 4 members (excludes halogenated alkanes) is 1. The highest BCUT2D eigenvalue weighted by atomic mass is 32.2. The van der Waals surface area contributed by atoms with Gasteiger partial charge in [-0.2, -0.15) is 0 Å². The van der Waals surface area contributed by atoms with Crippen LogP contribution in [0.5, 0.6) is 0 Å². The van der Waals surface area contributed by atoms with Crippen molar-refractivity contribution in [1.29, 1.82) is 0 Å². The van der Waals surface area contributed by atoms with E-state index in [0.29, 0.717) is 0 Å². The monoisotopic (exact) mass is 366 g/mol. The van der Waals surface area contributed by atoms with Crippen LogP contribution in [0.15, 0.2) is 68.1 Å². The largest absolute Gasteiger partial charge is 0.128 e.